The van der Waals surface area contributed by atoms with Gasteiger partial charge in [-0.3, -0.25) is 0 Å². The molecule has 228 valence electrons. The molecule has 10 rings (SSSR count). The number of hydrogen-bond acceptors (Lipinski definition) is 1. The monoisotopic (exact) mass is 624 g/mol. The summed E-state index contributed by atoms with van der Waals surface area (Å²) in [4.78, 5) is 0. The first-order valence-electron chi connectivity index (χ1n) is 17.7. The standard InChI is InChI=1S/C48H30O/c1-3-14-31(15-4-1)34-19-13-20-35(28-34)46-37-22-9-11-24-39(37)47(40-25-12-10-23-38(40)46)42-30-45-43(29-41(42)32-16-5-2-6-17-32)48-36-21-8-7-18-33(36)26-27-44(48)49-45/h1-30H/i26D,27D. The molecule has 0 amide bonds. The topological polar surface area (TPSA) is 13.1 Å². The fraction of sp³-hybridized carbons (Fsp3) is 0. The van der Waals surface area contributed by atoms with Gasteiger partial charge in [-0.25, -0.2) is 0 Å². The lowest BCUT2D eigenvalue weighted by Crippen LogP contribution is -1.93. The molecule has 1 nitrogen and oxygen atoms in total. The average Bonchev–Trinajstić information content (AvgIpc) is 3.58. The molecule has 0 fully saturated rings. The van der Waals surface area contributed by atoms with Gasteiger partial charge in [0.2, 0.25) is 0 Å². The summed E-state index contributed by atoms with van der Waals surface area (Å²) in [6.45, 7) is 0. The van der Waals surface area contributed by atoms with Crippen molar-refractivity contribution in [1.82, 2.24) is 0 Å². The summed E-state index contributed by atoms with van der Waals surface area (Å²) in [6.07, 6.45) is 0. The number of benzene rings is 9. The van der Waals surface area contributed by atoms with Crippen molar-refractivity contribution in [2.75, 3.05) is 0 Å². The van der Waals surface area contributed by atoms with Gasteiger partial charge in [-0.15, -0.1) is 0 Å². The highest BCUT2D eigenvalue weighted by Crippen LogP contribution is 2.48. The second kappa shape index (κ2) is 11.1. The van der Waals surface area contributed by atoms with Crippen LogP contribution in [0.25, 0.3) is 98.8 Å². The van der Waals surface area contributed by atoms with Crippen LogP contribution in [-0.2, 0) is 0 Å². The van der Waals surface area contributed by atoms with Gasteiger partial charge in [0.05, 0.1) is 2.74 Å². The van der Waals surface area contributed by atoms with Crippen molar-refractivity contribution in [3.63, 3.8) is 0 Å². The molecule has 1 aromatic heterocycles. The predicted molar refractivity (Wildman–Crippen MR) is 208 cm³/mol. The van der Waals surface area contributed by atoms with Gasteiger partial charge < -0.3 is 4.42 Å². The van der Waals surface area contributed by atoms with E-state index in [9.17, 15) is 0 Å². The lowest BCUT2D eigenvalue weighted by molar-refractivity contribution is 0.669. The minimum atomic E-state index is 0.112. The Bertz CT molecular complexity index is 2920. The lowest BCUT2D eigenvalue weighted by atomic mass is 9.83. The Morgan fingerprint density at radius 2 is 0.898 bits per heavy atom. The third kappa shape index (κ3) is 4.40. The van der Waals surface area contributed by atoms with Gasteiger partial charge in [-0.1, -0.05) is 158 Å². The van der Waals surface area contributed by atoms with Gasteiger partial charge in [0.1, 0.15) is 11.2 Å². The molecule has 0 aliphatic carbocycles. The van der Waals surface area contributed by atoms with Crippen molar-refractivity contribution in [2.45, 2.75) is 0 Å². The van der Waals surface area contributed by atoms with Gasteiger partial charge in [0, 0.05) is 10.8 Å². The number of rotatable bonds is 4. The second-order valence-electron chi connectivity index (χ2n) is 12.6. The Hall–Kier alpha value is -6.44. The molecule has 0 bridgehead atoms. The highest BCUT2D eigenvalue weighted by Gasteiger charge is 2.22. The van der Waals surface area contributed by atoms with Crippen molar-refractivity contribution < 1.29 is 7.16 Å². The van der Waals surface area contributed by atoms with Crippen molar-refractivity contribution in [1.29, 1.82) is 0 Å². The number of fused-ring (bicyclic) bond motifs is 7. The van der Waals surface area contributed by atoms with Crippen LogP contribution in [0.15, 0.2) is 186 Å². The average molecular weight is 625 g/mol. The normalized spacial score (nSPS) is 12.2. The summed E-state index contributed by atoms with van der Waals surface area (Å²) in [5, 5.41) is 8.18. The Labute approximate surface area is 287 Å². The Balaban J connectivity index is 1.33. The largest absolute Gasteiger partial charge is 0.456 e. The van der Waals surface area contributed by atoms with Crippen LogP contribution in [0.2, 0.25) is 0 Å². The maximum absolute atomic E-state index is 8.95. The lowest BCUT2D eigenvalue weighted by Gasteiger charge is -2.20. The SMILES string of the molecule is [2H]c1c([2H])c2oc3cc(-c4c5ccccc5c(-c5cccc(-c6ccccc6)c5)c5ccccc45)c(-c4ccccc4)cc3c2c2ccccc12. The Kier molecular flexibility index (Phi) is 5.79. The van der Waals surface area contributed by atoms with Crippen LogP contribution in [0.1, 0.15) is 2.74 Å². The molecule has 1 heterocycles. The maximum Gasteiger partial charge on any atom is 0.136 e. The summed E-state index contributed by atoms with van der Waals surface area (Å²) in [5.74, 6) is 0. The van der Waals surface area contributed by atoms with E-state index in [4.69, 9.17) is 7.16 Å². The molecule has 0 aliphatic rings. The zero-order valence-electron chi connectivity index (χ0n) is 28.6. The summed E-state index contributed by atoms with van der Waals surface area (Å²) < 4.78 is 24.3. The first-order chi connectivity index (χ1) is 25.2. The van der Waals surface area contributed by atoms with E-state index in [0.717, 1.165) is 54.6 Å². The van der Waals surface area contributed by atoms with E-state index < -0.39 is 0 Å². The summed E-state index contributed by atoms with van der Waals surface area (Å²) in [6, 6.07) is 60.0. The van der Waals surface area contributed by atoms with E-state index in [0.29, 0.717) is 11.2 Å². The van der Waals surface area contributed by atoms with Crippen LogP contribution in [0.5, 0.6) is 0 Å². The highest BCUT2D eigenvalue weighted by atomic mass is 16.3. The number of hydrogen-bond donors (Lipinski definition) is 0. The van der Waals surface area contributed by atoms with Gasteiger partial charge in [-0.2, -0.15) is 0 Å². The molecule has 0 spiro atoms. The molecular weight excluding hydrogens is 593 g/mol. The van der Waals surface area contributed by atoms with Crippen LogP contribution in [-0.4, -0.2) is 0 Å². The third-order valence-electron chi connectivity index (χ3n) is 9.88. The molecule has 0 saturated heterocycles. The van der Waals surface area contributed by atoms with E-state index in [1.165, 1.54) is 33.0 Å². The van der Waals surface area contributed by atoms with Gasteiger partial charge >= 0.3 is 0 Å². The van der Waals surface area contributed by atoms with Crippen LogP contribution >= 0.6 is 0 Å². The summed E-state index contributed by atoms with van der Waals surface area (Å²) in [7, 11) is 0. The maximum atomic E-state index is 8.95. The van der Waals surface area contributed by atoms with Crippen molar-refractivity contribution in [3.8, 4) is 44.5 Å². The number of furan rings is 1. The Morgan fingerprint density at radius 3 is 1.59 bits per heavy atom. The quantitative estimate of drug-likeness (QED) is 0.178. The fourth-order valence-electron chi connectivity index (χ4n) is 7.71. The smallest absolute Gasteiger partial charge is 0.136 e. The van der Waals surface area contributed by atoms with Gasteiger partial charge in [-0.05, 0) is 101 Å². The summed E-state index contributed by atoms with van der Waals surface area (Å²) in [5.41, 5.74) is 10.3. The highest BCUT2D eigenvalue weighted by molar-refractivity contribution is 6.25. The van der Waals surface area contributed by atoms with E-state index >= 15 is 0 Å². The second-order valence-corrected chi connectivity index (χ2v) is 12.6. The molecule has 0 atom stereocenters. The molecular formula is C48H30O. The summed E-state index contributed by atoms with van der Waals surface area (Å²) >= 11 is 0. The first-order valence-corrected chi connectivity index (χ1v) is 16.7. The first kappa shape index (κ1) is 25.6. The fourth-order valence-corrected chi connectivity index (χ4v) is 7.71. The predicted octanol–water partition coefficient (Wildman–Crippen LogP) is 13.7. The molecule has 1 heteroatoms. The van der Waals surface area contributed by atoms with E-state index in [2.05, 4.69) is 140 Å². The molecule has 0 N–H and O–H groups in total. The Morgan fingerprint density at radius 1 is 0.347 bits per heavy atom. The third-order valence-corrected chi connectivity index (χ3v) is 9.88. The molecule has 10 aromatic rings. The molecule has 9 aromatic carbocycles. The molecule has 0 aliphatic heterocycles. The van der Waals surface area contributed by atoms with Crippen LogP contribution in [0.3, 0.4) is 0 Å². The van der Waals surface area contributed by atoms with Crippen LogP contribution in [0, 0.1) is 0 Å². The molecule has 0 unspecified atom stereocenters. The van der Waals surface area contributed by atoms with E-state index in [-0.39, 0.29) is 12.1 Å². The van der Waals surface area contributed by atoms with E-state index in [1.807, 2.05) is 30.3 Å². The van der Waals surface area contributed by atoms with Crippen molar-refractivity contribution in [2.24, 2.45) is 0 Å². The minimum Gasteiger partial charge on any atom is -0.456 e. The van der Waals surface area contributed by atoms with Gasteiger partial charge in [0.15, 0.2) is 0 Å². The van der Waals surface area contributed by atoms with Crippen LogP contribution in [0.4, 0.5) is 0 Å². The van der Waals surface area contributed by atoms with Crippen LogP contribution < -0.4 is 0 Å². The van der Waals surface area contributed by atoms with Gasteiger partial charge in [0.25, 0.3) is 0 Å². The van der Waals surface area contributed by atoms with Crippen molar-refractivity contribution in [3.05, 3.63) is 182 Å². The zero-order valence-corrected chi connectivity index (χ0v) is 26.6. The van der Waals surface area contributed by atoms with E-state index in [1.54, 1.807) is 0 Å². The molecule has 0 radical (unpaired) electrons. The van der Waals surface area contributed by atoms with Crippen molar-refractivity contribution >= 4 is 54.3 Å². The molecule has 0 saturated carbocycles. The zero-order chi connectivity index (χ0) is 34.1. The minimum absolute atomic E-state index is 0.112. The molecule has 49 heavy (non-hydrogen) atoms.